The summed E-state index contributed by atoms with van der Waals surface area (Å²) in [5.74, 6) is -0.620. The molecule has 0 unspecified atom stereocenters. The van der Waals surface area contributed by atoms with Crippen LogP contribution in [0.4, 0.5) is 21.5 Å². The van der Waals surface area contributed by atoms with E-state index in [9.17, 15) is 14.0 Å². The smallest absolute Gasteiger partial charge is 0.350 e. The van der Waals surface area contributed by atoms with E-state index in [0.717, 1.165) is 0 Å². The van der Waals surface area contributed by atoms with Gasteiger partial charge in [-0.2, -0.15) is 0 Å². The van der Waals surface area contributed by atoms with Crippen molar-refractivity contribution < 1.29 is 9.18 Å². The second kappa shape index (κ2) is 7.93. The molecule has 0 aliphatic rings. The first-order valence-corrected chi connectivity index (χ1v) is 8.91. The van der Waals surface area contributed by atoms with Gasteiger partial charge in [-0.05, 0) is 42.5 Å². The fourth-order valence-electron chi connectivity index (χ4n) is 2.83. The van der Waals surface area contributed by atoms with E-state index in [1.54, 1.807) is 48.8 Å². The summed E-state index contributed by atoms with van der Waals surface area (Å²) in [5.41, 5.74) is 1.99. The average Bonchev–Trinajstić information content (AvgIpc) is 3.05. The number of rotatable bonds is 6. The van der Waals surface area contributed by atoms with Crippen molar-refractivity contribution in [3.8, 4) is 0 Å². The Balaban J connectivity index is 1.43. The molecule has 0 spiro atoms. The number of halogens is 1. The van der Waals surface area contributed by atoms with Gasteiger partial charge < -0.3 is 10.6 Å². The molecule has 0 saturated heterocycles. The van der Waals surface area contributed by atoms with Gasteiger partial charge in [0.05, 0.1) is 24.1 Å². The third-order valence-corrected chi connectivity index (χ3v) is 4.26. The van der Waals surface area contributed by atoms with Crippen LogP contribution in [-0.4, -0.2) is 25.1 Å². The molecule has 3 aromatic heterocycles. The quantitative estimate of drug-likeness (QED) is 0.526. The summed E-state index contributed by atoms with van der Waals surface area (Å²) >= 11 is 0. The van der Waals surface area contributed by atoms with Crippen LogP contribution in [0.25, 0.3) is 5.65 Å². The Kier molecular flexibility index (Phi) is 5.02. The lowest BCUT2D eigenvalue weighted by Crippen LogP contribution is -2.24. The van der Waals surface area contributed by atoms with E-state index in [0.29, 0.717) is 22.7 Å². The minimum absolute atomic E-state index is 0.0642. The largest absolute Gasteiger partial charge is 0.354 e. The van der Waals surface area contributed by atoms with Crippen LogP contribution in [0.3, 0.4) is 0 Å². The lowest BCUT2D eigenvalue weighted by atomic mass is 10.2. The zero-order valence-electron chi connectivity index (χ0n) is 15.2. The van der Waals surface area contributed by atoms with Crippen molar-refractivity contribution in [1.29, 1.82) is 0 Å². The normalized spacial score (nSPS) is 10.8. The standard InChI is InChI=1S/C20H17FN6O2/c21-14-4-6-15(7-5-14)23-16-8-10-22-13-17(16)24-19(28)9-12-27-20(29)26-11-2-1-3-18(26)25-27/h1-8,10-11,13H,9,12H2,(H,22,23)(H,24,28). The Bertz CT molecular complexity index is 1220. The number of carbonyl (C=O) groups is 1. The molecule has 0 bridgehead atoms. The molecule has 0 aliphatic carbocycles. The second-order valence-corrected chi connectivity index (χ2v) is 6.29. The molecule has 2 N–H and O–H groups in total. The Labute approximate surface area is 164 Å². The zero-order chi connectivity index (χ0) is 20.2. The zero-order valence-corrected chi connectivity index (χ0v) is 15.2. The molecule has 0 atom stereocenters. The molecule has 146 valence electrons. The number of pyridine rings is 2. The van der Waals surface area contributed by atoms with Crippen LogP contribution >= 0.6 is 0 Å². The van der Waals surface area contributed by atoms with Crippen molar-refractivity contribution in [2.24, 2.45) is 0 Å². The van der Waals surface area contributed by atoms with Crippen molar-refractivity contribution in [3.05, 3.63) is 83.4 Å². The van der Waals surface area contributed by atoms with Crippen LogP contribution in [0, 0.1) is 5.82 Å². The van der Waals surface area contributed by atoms with E-state index in [4.69, 9.17) is 0 Å². The van der Waals surface area contributed by atoms with Crippen molar-refractivity contribution >= 4 is 28.6 Å². The van der Waals surface area contributed by atoms with E-state index in [-0.39, 0.29) is 30.4 Å². The van der Waals surface area contributed by atoms with Gasteiger partial charge in [0.15, 0.2) is 5.65 Å². The van der Waals surface area contributed by atoms with Crippen LogP contribution in [-0.2, 0) is 11.3 Å². The molecule has 4 rings (SSSR count). The molecule has 0 aliphatic heterocycles. The maximum Gasteiger partial charge on any atom is 0.350 e. The fourth-order valence-corrected chi connectivity index (χ4v) is 2.83. The van der Waals surface area contributed by atoms with Gasteiger partial charge in [-0.15, -0.1) is 5.10 Å². The Morgan fingerprint density at radius 3 is 2.69 bits per heavy atom. The summed E-state index contributed by atoms with van der Waals surface area (Å²) < 4.78 is 15.8. The number of fused-ring (bicyclic) bond motifs is 1. The molecule has 4 aromatic rings. The molecule has 0 saturated carbocycles. The first kappa shape index (κ1) is 18.4. The first-order chi connectivity index (χ1) is 14.1. The summed E-state index contributed by atoms with van der Waals surface area (Å²) in [7, 11) is 0. The minimum atomic E-state index is -0.332. The van der Waals surface area contributed by atoms with Crippen molar-refractivity contribution in [2.45, 2.75) is 13.0 Å². The van der Waals surface area contributed by atoms with Gasteiger partial charge in [-0.25, -0.2) is 13.9 Å². The Morgan fingerprint density at radius 2 is 1.90 bits per heavy atom. The molecule has 0 radical (unpaired) electrons. The maximum absolute atomic E-state index is 13.1. The van der Waals surface area contributed by atoms with Gasteiger partial charge >= 0.3 is 5.69 Å². The predicted octanol–water partition coefficient (Wildman–Crippen LogP) is 2.80. The molecule has 0 fully saturated rings. The summed E-state index contributed by atoms with van der Waals surface area (Å²) in [5, 5.41) is 10.1. The van der Waals surface area contributed by atoms with Crippen LogP contribution in [0.15, 0.2) is 71.9 Å². The molecule has 8 nitrogen and oxygen atoms in total. The molecule has 1 aromatic carbocycles. The fraction of sp³-hybridized carbons (Fsp3) is 0.100. The van der Waals surface area contributed by atoms with Crippen LogP contribution in [0.2, 0.25) is 0 Å². The third kappa shape index (κ3) is 4.13. The van der Waals surface area contributed by atoms with Gasteiger partial charge in [-0.3, -0.25) is 14.2 Å². The van der Waals surface area contributed by atoms with Crippen LogP contribution in [0.5, 0.6) is 0 Å². The lowest BCUT2D eigenvalue weighted by molar-refractivity contribution is -0.116. The first-order valence-electron chi connectivity index (χ1n) is 8.91. The van der Waals surface area contributed by atoms with Gasteiger partial charge in [-0.1, -0.05) is 6.07 Å². The van der Waals surface area contributed by atoms with Crippen molar-refractivity contribution in [2.75, 3.05) is 10.6 Å². The number of carbonyl (C=O) groups excluding carboxylic acids is 1. The SMILES string of the molecule is O=C(CCn1nc2ccccn2c1=O)Nc1cnccc1Nc1ccc(F)cc1. The number of hydrogen-bond acceptors (Lipinski definition) is 5. The highest BCUT2D eigenvalue weighted by Crippen LogP contribution is 2.24. The van der Waals surface area contributed by atoms with Crippen molar-refractivity contribution in [3.63, 3.8) is 0 Å². The number of aryl methyl sites for hydroxylation is 1. The van der Waals surface area contributed by atoms with Gasteiger partial charge in [0.1, 0.15) is 5.82 Å². The minimum Gasteiger partial charge on any atom is -0.354 e. The molecule has 29 heavy (non-hydrogen) atoms. The topological polar surface area (TPSA) is 93.3 Å². The number of nitrogens with zero attached hydrogens (tertiary/aromatic N) is 4. The maximum atomic E-state index is 13.1. The summed E-state index contributed by atoms with van der Waals surface area (Å²) in [6.45, 7) is 0.146. The number of anilines is 3. The highest BCUT2D eigenvalue weighted by molar-refractivity contribution is 5.94. The molecule has 9 heteroatoms. The van der Waals surface area contributed by atoms with E-state index >= 15 is 0 Å². The van der Waals surface area contributed by atoms with Gasteiger partial charge in [0.2, 0.25) is 5.91 Å². The number of hydrogen-bond donors (Lipinski definition) is 2. The van der Waals surface area contributed by atoms with E-state index in [2.05, 4.69) is 20.7 Å². The Hall–Kier alpha value is -4.01. The number of amides is 1. The van der Waals surface area contributed by atoms with E-state index in [1.807, 2.05) is 0 Å². The highest BCUT2D eigenvalue weighted by atomic mass is 19.1. The van der Waals surface area contributed by atoms with Gasteiger partial charge in [0, 0.05) is 24.5 Å². The van der Waals surface area contributed by atoms with Crippen LogP contribution < -0.4 is 16.3 Å². The van der Waals surface area contributed by atoms with Gasteiger partial charge in [0.25, 0.3) is 0 Å². The monoisotopic (exact) mass is 392 g/mol. The van der Waals surface area contributed by atoms with E-state index < -0.39 is 0 Å². The number of aromatic nitrogens is 4. The number of nitrogens with one attached hydrogen (secondary N) is 2. The summed E-state index contributed by atoms with van der Waals surface area (Å²) in [6.07, 6.45) is 4.79. The third-order valence-electron chi connectivity index (χ3n) is 4.26. The molecular weight excluding hydrogens is 375 g/mol. The lowest BCUT2D eigenvalue weighted by Gasteiger charge is -2.12. The number of benzene rings is 1. The predicted molar refractivity (Wildman–Crippen MR) is 107 cm³/mol. The molecule has 1 amide bonds. The van der Waals surface area contributed by atoms with E-state index in [1.165, 1.54) is 27.4 Å². The summed E-state index contributed by atoms with van der Waals surface area (Å²) in [4.78, 5) is 28.7. The molecule has 3 heterocycles. The van der Waals surface area contributed by atoms with Crippen LogP contribution in [0.1, 0.15) is 6.42 Å². The van der Waals surface area contributed by atoms with Crippen molar-refractivity contribution in [1.82, 2.24) is 19.2 Å². The summed E-state index contributed by atoms with van der Waals surface area (Å²) in [6, 6.07) is 12.8. The second-order valence-electron chi connectivity index (χ2n) is 6.29. The highest BCUT2D eigenvalue weighted by Gasteiger charge is 2.11. The Morgan fingerprint density at radius 1 is 1.07 bits per heavy atom. The average molecular weight is 392 g/mol. The molecular formula is C20H17FN6O2.